The van der Waals surface area contributed by atoms with Crippen molar-refractivity contribution in [1.29, 1.82) is 0 Å². The molecule has 0 spiro atoms. The zero-order chi connectivity index (χ0) is 29.6. The molecule has 4 rings (SSSR count). The second-order valence-electron chi connectivity index (χ2n) is 11.3. The van der Waals surface area contributed by atoms with Gasteiger partial charge >= 0.3 is 0 Å². The van der Waals surface area contributed by atoms with Gasteiger partial charge in [0.2, 0.25) is 5.91 Å². The molecule has 224 valence electrons. The molecule has 4 aromatic rings. The van der Waals surface area contributed by atoms with E-state index in [-0.39, 0.29) is 5.91 Å². The van der Waals surface area contributed by atoms with Crippen LogP contribution in [0.15, 0.2) is 72.8 Å². The number of nitrogens with one attached hydrogen (secondary N) is 3. The number of carbonyl (C=O) groups is 1. The number of carbonyl (C=O) groups excluding carboxylic acids is 1. The number of aryl methyl sites for hydroxylation is 1. The third-order valence-electron chi connectivity index (χ3n) is 7.46. The monoisotopic (exact) mass is 569 g/mol. The lowest BCUT2D eigenvalue weighted by Gasteiger charge is -2.13. The van der Waals surface area contributed by atoms with Gasteiger partial charge in [-0.25, -0.2) is 0 Å². The van der Waals surface area contributed by atoms with E-state index >= 15 is 0 Å². The van der Waals surface area contributed by atoms with Gasteiger partial charge in [-0.1, -0.05) is 68.4 Å². The van der Waals surface area contributed by atoms with Gasteiger partial charge in [0, 0.05) is 31.1 Å². The van der Waals surface area contributed by atoms with Crippen LogP contribution in [0.5, 0.6) is 11.5 Å². The van der Waals surface area contributed by atoms with Gasteiger partial charge in [-0.2, -0.15) is 0 Å². The Hall–Kier alpha value is -3.61. The summed E-state index contributed by atoms with van der Waals surface area (Å²) in [5.41, 5.74) is 2.55. The van der Waals surface area contributed by atoms with Crippen molar-refractivity contribution in [3.8, 4) is 11.5 Å². The predicted octanol–water partition coefficient (Wildman–Crippen LogP) is 6.63. The summed E-state index contributed by atoms with van der Waals surface area (Å²) in [6.07, 6.45) is 4.17. The molecular weight excluding hydrogens is 522 g/mol. The molecule has 0 aromatic heterocycles. The van der Waals surface area contributed by atoms with Crippen LogP contribution >= 0.6 is 0 Å². The summed E-state index contributed by atoms with van der Waals surface area (Å²) in [6, 6.07) is 25.6. The fraction of sp³-hybridized carbons (Fsp3) is 0.417. The van der Waals surface area contributed by atoms with E-state index in [0.717, 1.165) is 62.5 Å². The lowest BCUT2D eigenvalue weighted by atomic mass is 9.94. The van der Waals surface area contributed by atoms with E-state index in [1.807, 2.05) is 18.2 Å². The highest BCUT2D eigenvalue weighted by molar-refractivity contribution is 6.02. The predicted molar refractivity (Wildman–Crippen MR) is 175 cm³/mol. The molecule has 0 bridgehead atoms. The number of methoxy groups -OCH3 is 1. The second-order valence-corrected chi connectivity index (χ2v) is 11.3. The molecule has 0 atom stereocenters. The van der Waals surface area contributed by atoms with Gasteiger partial charge < -0.3 is 25.4 Å². The maximum Gasteiger partial charge on any atom is 0.220 e. The lowest BCUT2D eigenvalue weighted by Crippen LogP contribution is -2.27. The molecular formula is C36H47N3O3. The maximum atomic E-state index is 12.2. The van der Waals surface area contributed by atoms with E-state index in [2.05, 4.69) is 84.4 Å². The van der Waals surface area contributed by atoms with E-state index in [1.54, 1.807) is 7.11 Å². The SMILES string of the molecule is COc1cc(OCCCC(=O)NCCCNCCCc2c3ccccc3cc3ccccc23)ccc1CNCC(C)C. The molecule has 0 saturated carbocycles. The molecule has 6 heteroatoms. The van der Waals surface area contributed by atoms with Gasteiger partial charge in [-0.3, -0.25) is 4.79 Å². The Kier molecular flexibility index (Phi) is 12.5. The highest BCUT2D eigenvalue weighted by Crippen LogP contribution is 2.29. The zero-order valence-electron chi connectivity index (χ0n) is 25.5. The average molecular weight is 570 g/mol. The van der Waals surface area contributed by atoms with E-state index in [0.29, 0.717) is 31.9 Å². The second kappa shape index (κ2) is 16.7. The van der Waals surface area contributed by atoms with Crippen molar-refractivity contribution in [3.63, 3.8) is 0 Å². The van der Waals surface area contributed by atoms with E-state index in [4.69, 9.17) is 9.47 Å². The summed E-state index contributed by atoms with van der Waals surface area (Å²) >= 11 is 0. The molecule has 0 aliphatic heterocycles. The van der Waals surface area contributed by atoms with Crippen LogP contribution in [0.2, 0.25) is 0 Å². The third-order valence-corrected chi connectivity index (χ3v) is 7.46. The number of hydrogen-bond donors (Lipinski definition) is 3. The van der Waals surface area contributed by atoms with E-state index in [1.165, 1.54) is 27.1 Å². The topological polar surface area (TPSA) is 71.6 Å². The first kappa shape index (κ1) is 31.3. The molecule has 4 aromatic carbocycles. The number of benzene rings is 4. The lowest BCUT2D eigenvalue weighted by molar-refractivity contribution is -0.121. The fourth-order valence-corrected chi connectivity index (χ4v) is 5.30. The molecule has 0 aliphatic carbocycles. The van der Waals surface area contributed by atoms with Crippen LogP contribution in [0, 0.1) is 5.92 Å². The molecule has 6 nitrogen and oxygen atoms in total. The first-order valence-corrected chi connectivity index (χ1v) is 15.4. The van der Waals surface area contributed by atoms with Crippen LogP contribution in [0.1, 0.15) is 50.7 Å². The minimum Gasteiger partial charge on any atom is -0.496 e. The van der Waals surface area contributed by atoms with Gasteiger partial charge in [0.05, 0.1) is 13.7 Å². The molecule has 0 radical (unpaired) electrons. The molecule has 1 amide bonds. The molecule has 0 unspecified atom stereocenters. The van der Waals surface area contributed by atoms with Crippen molar-refractivity contribution in [2.75, 3.05) is 39.9 Å². The van der Waals surface area contributed by atoms with Gasteiger partial charge in [-0.05, 0) is 90.5 Å². The van der Waals surface area contributed by atoms with E-state index in [9.17, 15) is 4.79 Å². The quantitative estimate of drug-likeness (QED) is 0.0926. The standard InChI is InChI=1S/C36H47N3O3/c1-27(2)25-38-26-30-17-18-31(24-35(30)41-3)42-22-9-16-36(40)39-21-10-20-37-19-8-15-34-32-13-6-4-11-28(32)23-29-12-5-7-14-33(29)34/h4-7,11-14,17-18,23-24,27,37-38H,8-10,15-16,19-22,25-26H2,1-3H3,(H,39,40). The molecule has 3 N–H and O–H groups in total. The van der Waals surface area contributed by atoms with Crippen LogP contribution in [0.4, 0.5) is 0 Å². The molecule has 0 fully saturated rings. The zero-order valence-corrected chi connectivity index (χ0v) is 25.5. The molecule has 0 aliphatic rings. The summed E-state index contributed by atoms with van der Waals surface area (Å²) in [6.45, 7) is 9.14. The summed E-state index contributed by atoms with van der Waals surface area (Å²) in [4.78, 5) is 12.2. The minimum atomic E-state index is 0.0746. The van der Waals surface area contributed by atoms with Crippen molar-refractivity contribution in [3.05, 3.63) is 83.9 Å². The van der Waals surface area contributed by atoms with Crippen molar-refractivity contribution in [2.45, 2.75) is 52.5 Å². The van der Waals surface area contributed by atoms with Gasteiger partial charge in [0.25, 0.3) is 0 Å². The Bertz CT molecular complexity index is 1360. The van der Waals surface area contributed by atoms with Crippen molar-refractivity contribution in [1.82, 2.24) is 16.0 Å². The molecule has 0 heterocycles. The fourth-order valence-electron chi connectivity index (χ4n) is 5.30. The van der Waals surface area contributed by atoms with Crippen LogP contribution in [0.25, 0.3) is 21.5 Å². The Morgan fingerprint density at radius 3 is 2.24 bits per heavy atom. The van der Waals surface area contributed by atoms with Crippen LogP contribution in [0.3, 0.4) is 0 Å². The highest BCUT2D eigenvalue weighted by atomic mass is 16.5. The average Bonchev–Trinajstić information content (AvgIpc) is 3.00. The van der Waals surface area contributed by atoms with Crippen LogP contribution < -0.4 is 25.4 Å². The Morgan fingerprint density at radius 1 is 0.810 bits per heavy atom. The largest absolute Gasteiger partial charge is 0.496 e. The van der Waals surface area contributed by atoms with Gasteiger partial charge in [-0.15, -0.1) is 0 Å². The number of hydrogen-bond acceptors (Lipinski definition) is 5. The Morgan fingerprint density at radius 2 is 1.52 bits per heavy atom. The number of amides is 1. The molecule has 42 heavy (non-hydrogen) atoms. The van der Waals surface area contributed by atoms with Crippen molar-refractivity contribution in [2.24, 2.45) is 5.92 Å². The third kappa shape index (κ3) is 9.47. The van der Waals surface area contributed by atoms with Crippen molar-refractivity contribution < 1.29 is 14.3 Å². The summed E-state index contributed by atoms with van der Waals surface area (Å²) in [5.74, 6) is 2.26. The first-order chi connectivity index (χ1) is 20.5. The normalized spacial score (nSPS) is 11.3. The van der Waals surface area contributed by atoms with Crippen molar-refractivity contribution >= 4 is 27.5 Å². The first-order valence-electron chi connectivity index (χ1n) is 15.4. The van der Waals surface area contributed by atoms with Gasteiger partial charge in [0.1, 0.15) is 11.5 Å². The summed E-state index contributed by atoms with van der Waals surface area (Å²) in [5, 5.41) is 15.3. The maximum absolute atomic E-state index is 12.2. The van der Waals surface area contributed by atoms with Crippen LogP contribution in [-0.4, -0.2) is 45.8 Å². The smallest absolute Gasteiger partial charge is 0.220 e. The minimum absolute atomic E-state index is 0.0746. The highest BCUT2D eigenvalue weighted by Gasteiger charge is 2.08. The summed E-state index contributed by atoms with van der Waals surface area (Å²) in [7, 11) is 1.68. The summed E-state index contributed by atoms with van der Waals surface area (Å²) < 4.78 is 11.4. The molecule has 0 saturated heterocycles. The van der Waals surface area contributed by atoms with Gasteiger partial charge in [0.15, 0.2) is 0 Å². The number of ether oxygens (including phenoxy) is 2. The number of fused-ring (bicyclic) bond motifs is 2. The Balaban J connectivity index is 1.07. The number of rotatable bonds is 18. The van der Waals surface area contributed by atoms with Crippen LogP contribution in [-0.2, 0) is 17.8 Å². The Labute approximate surface area is 251 Å². The van der Waals surface area contributed by atoms with E-state index < -0.39 is 0 Å².